The topological polar surface area (TPSA) is 49.3 Å². The molecule has 0 aliphatic carbocycles. The lowest BCUT2D eigenvalue weighted by molar-refractivity contribution is 0.0944. The fourth-order valence-electron chi connectivity index (χ4n) is 1.56. The van der Waals surface area contributed by atoms with E-state index in [1.54, 1.807) is 6.07 Å². The van der Waals surface area contributed by atoms with Crippen molar-refractivity contribution >= 4 is 5.91 Å². The van der Waals surface area contributed by atoms with Crippen LogP contribution >= 0.6 is 0 Å². The number of halogens is 1. The van der Waals surface area contributed by atoms with E-state index in [0.29, 0.717) is 24.8 Å². The van der Waals surface area contributed by atoms with Gasteiger partial charge in [0, 0.05) is 18.5 Å². The number of amides is 1. The van der Waals surface area contributed by atoms with Crippen LogP contribution in [0.4, 0.5) is 4.39 Å². The Morgan fingerprint density at radius 1 is 1.38 bits per heavy atom. The number of aliphatic hydroxyl groups is 1. The first kappa shape index (κ1) is 17.2. The average Bonchev–Trinajstić information content (AvgIpc) is 2.46. The number of carbonyl (C=O) groups is 1. The van der Waals surface area contributed by atoms with Crippen LogP contribution in [0.2, 0.25) is 0 Å². The lowest BCUT2D eigenvalue weighted by atomic mass is 9.98. The third-order valence-electron chi connectivity index (χ3n) is 3.41. The minimum absolute atomic E-state index is 0.0524. The molecule has 1 aromatic carbocycles. The van der Waals surface area contributed by atoms with Gasteiger partial charge >= 0.3 is 0 Å². The van der Waals surface area contributed by atoms with Crippen molar-refractivity contribution in [3.05, 3.63) is 35.1 Å². The Labute approximate surface area is 125 Å². The average molecular weight is 291 g/mol. The molecule has 21 heavy (non-hydrogen) atoms. The van der Waals surface area contributed by atoms with Crippen molar-refractivity contribution in [3.8, 4) is 11.8 Å². The standard InChI is InChI=1S/C17H22FNO2/c1-12(2)13(3)11-19-17(21)15-8-7-14(16(18)10-15)6-4-5-9-20/h7-8,10,12-13,20H,5,9,11H2,1-3H3,(H,19,21). The van der Waals surface area contributed by atoms with Gasteiger partial charge in [-0.25, -0.2) is 4.39 Å². The molecule has 114 valence electrons. The summed E-state index contributed by atoms with van der Waals surface area (Å²) in [5.74, 6) is 5.32. The molecule has 1 atom stereocenters. The molecule has 0 fully saturated rings. The summed E-state index contributed by atoms with van der Waals surface area (Å²) in [7, 11) is 0. The van der Waals surface area contributed by atoms with Gasteiger partial charge in [0.2, 0.25) is 0 Å². The maximum absolute atomic E-state index is 13.8. The highest BCUT2D eigenvalue weighted by Gasteiger charge is 2.12. The van der Waals surface area contributed by atoms with E-state index >= 15 is 0 Å². The Morgan fingerprint density at radius 2 is 2.10 bits per heavy atom. The van der Waals surface area contributed by atoms with Crippen LogP contribution in [-0.4, -0.2) is 24.2 Å². The van der Waals surface area contributed by atoms with Crippen LogP contribution in [0.5, 0.6) is 0 Å². The molecule has 0 aromatic heterocycles. The second-order valence-corrected chi connectivity index (χ2v) is 5.40. The largest absolute Gasteiger partial charge is 0.395 e. The summed E-state index contributed by atoms with van der Waals surface area (Å²) >= 11 is 0. The molecular formula is C17H22FNO2. The molecule has 0 radical (unpaired) electrons. The van der Waals surface area contributed by atoms with Crippen molar-refractivity contribution in [3.63, 3.8) is 0 Å². The Kier molecular flexibility index (Phi) is 6.90. The van der Waals surface area contributed by atoms with Gasteiger partial charge < -0.3 is 10.4 Å². The summed E-state index contributed by atoms with van der Waals surface area (Å²) in [5, 5.41) is 11.4. The van der Waals surface area contributed by atoms with Crippen molar-refractivity contribution in [2.75, 3.05) is 13.2 Å². The van der Waals surface area contributed by atoms with Gasteiger partial charge in [-0.3, -0.25) is 4.79 Å². The number of rotatable bonds is 5. The van der Waals surface area contributed by atoms with Crippen molar-refractivity contribution in [2.24, 2.45) is 11.8 Å². The molecule has 0 saturated carbocycles. The predicted molar refractivity (Wildman–Crippen MR) is 81.3 cm³/mol. The van der Waals surface area contributed by atoms with Crippen LogP contribution in [0.1, 0.15) is 43.1 Å². The molecule has 0 aliphatic heterocycles. The Balaban J connectivity index is 2.71. The van der Waals surface area contributed by atoms with Crippen LogP contribution in [0.25, 0.3) is 0 Å². The van der Waals surface area contributed by atoms with E-state index in [4.69, 9.17) is 5.11 Å². The molecule has 0 saturated heterocycles. The minimum Gasteiger partial charge on any atom is -0.395 e. The number of hydrogen-bond acceptors (Lipinski definition) is 2. The minimum atomic E-state index is -0.523. The zero-order chi connectivity index (χ0) is 15.8. The van der Waals surface area contributed by atoms with Gasteiger partial charge in [-0.2, -0.15) is 0 Å². The zero-order valence-corrected chi connectivity index (χ0v) is 12.7. The highest BCUT2D eigenvalue weighted by atomic mass is 19.1. The van der Waals surface area contributed by atoms with Gasteiger partial charge in [-0.1, -0.05) is 32.6 Å². The zero-order valence-electron chi connectivity index (χ0n) is 12.7. The normalized spacial score (nSPS) is 11.7. The van der Waals surface area contributed by atoms with Crippen LogP contribution < -0.4 is 5.32 Å². The third-order valence-corrected chi connectivity index (χ3v) is 3.41. The lowest BCUT2D eigenvalue weighted by Crippen LogP contribution is -2.30. The molecule has 0 heterocycles. The molecule has 1 amide bonds. The summed E-state index contributed by atoms with van der Waals surface area (Å²) < 4.78 is 13.8. The highest BCUT2D eigenvalue weighted by molar-refractivity contribution is 5.94. The van der Waals surface area contributed by atoms with Crippen molar-refractivity contribution in [1.29, 1.82) is 0 Å². The molecule has 1 aromatic rings. The van der Waals surface area contributed by atoms with Gasteiger partial charge in [-0.15, -0.1) is 0 Å². The molecule has 2 N–H and O–H groups in total. The van der Waals surface area contributed by atoms with Crippen LogP contribution in [0.3, 0.4) is 0 Å². The molecule has 4 heteroatoms. The SMILES string of the molecule is CC(C)C(C)CNC(=O)c1ccc(C#CCCO)c(F)c1. The monoisotopic (exact) mass is 291 g/mol. The molecule has 1 unspecified atom stereocenters. The van der Waals surface area contributed by atoms with Crippen LogP contribution in [0, 0.1) is 29.5 Å². The summed E-state index contributed by atoms with van der Waals surface area (Å²) in [6, 6.07) is 4.24. The highest BCUT2D eigenvalue weighted by Crippen LogP contribution is 2.11. The summed E-state index contributed by atoms with van der Waals surface area (Å²) in [6.07, 6.45) is 0.300. The van der Waals surface area contributed by atoms with E-state index in [9.17, 15) is 9.18 Å². The van der Waals surface area contributed by atoms with Gasteiger partial charge in [-0.05, 0) is 30.0 Å². The first-order valence-corrected chi connectivity index (χ1v) is 7.13. The van der Waals surface area contributed by atoms with E-state index in [-0.39, 0.29) is 23.6 Å². The number of benzene rings is 1. The summed E-state index contributed by atoms with van der Waals surface area (Å²) in [6.45, 7) is 6.76. The third kappa shape index (κ3) is 5.57. The van der Waals surface area contributed by atoms with Crippen molar-refractivity contribution in [2.45, 2.75) is 27.2 Å². The van der Waals surface area contributed by atoms with E-state index in [1.165, 1.54) is 12.1 Å². The number of nitrogens with one attached hydrogen (secondary N) is 1. The maximum Gasteiger partial charge on any atom is 0.251 e. The van der Waals surface area contributed by atoms with Crippen LogP contribution in [-0.2, 0) is 0 Å². The maximum atomic E-state index is 13.8. The summed E-state index contributed by atoms with van der Waals surface area (Å²) in [5.41, 5.74) is 0.520. The van der Waals surface area contributed by atoms with E-state index in [0.717, 1.165) is 0 Å². The first-order chi connectivity index (χ1) is 9.95. The number of aliphatic hydroxyl groups excluding tert-OH is 1. The van der Waals surface area contributed by atoms with Gasteiger partial charge in [0.15, 0.2) is 0 Å². The summed E-state index contributed by atoms with van der Waals surface area (Å²) in [4.78, 5) is 11.9. The number of carbonyl (C=O) groups excluding carboxylic acids is 1. The van der Waals surface area contributed by atoms with Crippen molar-refractivity contribution < 1.29 is 14.3 Å². The molecule has 0 spiro atoms. The molecule has 0 bridgehead atoms. The second kappa shape index (κ2) is 8.43. The Morgan fingerprint density at radius 3 is 2.67 bits per heavy atom. The van der Waals surface area contributed by atoms with Gasteiger partial charge in [0.1, 0.15) is 5.82 Å². The fraction of sp³-hybridized carbons (Fsp3) is 0.471. The van der Waals surface area contributed by atoms with E-state index in [2.05, 4.69) is 37.9 Å². The quantitative estimate of drug-likeness (QED) is 0.819. The fourth-order valence-corrected chi connectivity index (χ4v) is 1.56. The molecule has 0 aliphatic rings. The Bertz CT molecular complexity index is 543. The molecule has 3 nitrogen and oxygen atoms in total. The number of hydrogen-bond donors (Lipinski definition) is 2. The van der Waals surface area contributed by atoms with Crippen molar-refractivity contribution in [1.82, 2.24) is 5.32 Å². The lowest BCUT2D eigenvalue weighted by Gasteiger charge is -2.16. The first-order valence-electron chi connectivity index (χ1n) is 7.13. The van der Waals surface area contributed by atoms with E-state index < -0.39 is 5.82 Å². The second-order valence-electron chi connectivity index (χ2n) is 5.40. The Hall–Kier alpha value is -1.86. The van der Waals surface area contributed by atoms with E-state index in [1.807, 2.05) is 0 Å². The smallest absolute Gasteiger partial charge is 0.251 e. The predicted octanol–water partition coefficient (Wildman–Crippen LogP) is 2.58. The van der Waals surface area contributed by atoms with Gasteiger partial charge in [0.05, 0.1) is 12.2 Å². The molecular weight excluding hydrogens is 269 g/mol. The van der Waals surface area contributed by atoms with Crippen LogP contribution in [0.15, 0.2) is 18.2 Å². The molecule has 1 rings (SSSR count). The van der Waals surface area contributed by atoms with Gasteiger partial charge in [0.25, 0.3) is 5.91 Å².